The molecule has 0 aromatic rings. The minimum atomic E-state index is 0.673. The third-order valence-electron chi connectivity index (χ3n) is 14.3. The van der Waals surface area contributed by atoms with Crippen molar-refractivity contribution in [3.8, 4) is 0 Å². The van der Waals surface area contributed by atoms with E-state index in [1.54, 1.807) is 77.0 Å². The van der Waals surface area contributed by atoms with Gasteiger partial charge < -0.3 is 37.9 Å². The molecule has 6 aliphatic carbocycles. The molecule has 8 heteroatoms. The Morgan fingerprint density at radius 3 is 0.825 bits per heavy atom. The molecule has 4 bridgehead atoms. The van der Waals surface area contributed by atoms with Crippen molar-refractivity contribution in [3.63, 3.8) is 0 Å². The molecule has 0 saturated heterocycles. The molecule has 8 atom stereocenters. The monoisotopic (exact) mass is 899 g/mol. The highest BCUT2D eigenvalue weighted by Gasteiger charge is 2.49. The molecule has 6 aliphatic rings. The van der Waals surface area contributed by atoms with Gasteiger partial charge in [-0.1, -0.05) is 85.5 Å². The molecule has 6 saturated carbocycles. The van der Waals surface area contributed by atoms with Crippen molar-refractivity contribution >= 4 is 0 Å². The summed E-state index contributed by atoms with van der Waals surface area (Å²) in [6.45, 7) is 29.1. The van der Waals surface area contributed by atoms with Crippen molar-refractivity contribution in [2.24, 2.45) is 47.3 Å². The van der Waals surface area contributed by atoms with Crippen LogP contribution in [0.4, 0.5) is 0 Å². The normalized spacial score (nSPS) is 25.3. The fourth-order valence-corrected chi connectivity index (χ4v) is 11.1. The molecule has 0 radical (unpaired) electrons. The first-order chi connectivity index (χ1) is 31.1. The van der Waals surface area contributed by atoms with Gasteiger partial charge in [0, 0.05) is 52.9 Å². The first kappa shape index (κ1) is 60.7. The van der Waals surface area contributed by atoms with Gasteiger partial charge in [-0.3, -0.25) is 0 Å². The van der Waals surface area contributed by atoms with Crippen LogP contribution in [0.3, 0.4) is 0 Å². The largest absolute Gasteiger partial charge is 0.382 e. The smallest absolute Gasteiger partial charge is 0.0701 e. The van der Waals surface area contributed by atoms with Crippen LogP contribution in [0, 0.1) is 47.3 Å². The Bertz CT molecular complexity index is 798. The van der Waals surface area contributed by atoms with Crippen molar-refractivity contribution in [2.75, 3.05) is 106 Å². The molecule has 6 rings (SSSR count). The SMILES string of the molecule is C1CC2C3CCC(C3)C2C1.C1CC2C3CCC(C3)C2C1.CCCCCCOCCOCCOCC.CCCCCOCCOCCOCC.CCCCOCC.CCCCOCC. The Morgan fingerprint density at radius 1 is 0.254 bits per heavy atom. The summed E-state index contributed by atoms with van der Waals surface area (Å²) in [6.07, 6.45) is 32.7. The van der Waals surface area contributed by atoms with Gasteiger partial charge in [0.2, 0.25) is 0 Å². The summed E-state index contributed by atoms with van der Waals surface area (Å²) in [5.41, 5.74) is 0. The van der Waals surface area contributed by atoms with Crippen molar-refractivity contribution < 1.29 is 37.9 Å². The molecule has 0 aromatic carbocycles. The zero-order valence-corrected chi connectivity index (χ0v) is 43.5. The number of hydrogen-bond acceptors (Lipinski definition) is 8. The maximum absolute atomic E-state index is 5.42. The maximum Gasteiger partial charge on any atom is 0.0701 e. The van der Waals surface area contributed by atoms with Crippen molar-refractivity contribution in [2.45, 2.75) is 203 Å². The van der Waals surface area contributed by atoms with Crippen LogP contribution in [-0.2, 0) is 37.9 Å². The van der Waals surface area contributed by atoms with Gasteiger partial charge in [-0.05, 0) is 165 Å². The average Bonchev–Trinajstić information content (AvgIpc) is 4.17. The minimum absolute atomic E-state index is 0.673. The Labute approximate surface area is 392 Å². The van der Waals surface area contributed by atoms with Crippen LogP contribution >= 0.6 is 0 Å². The van der Waals surface area contributed by atoms with E-state index in [2.05, 4.69) is 27.7 Å². The highest BCUT2D eigenvalue weighted by Crippen LogP contribution is 2.59. The number of unbranched alkanes of at least 4 members (excludes halogenated alkanes) is 7. The van der Waals surface area contributed by atoms with Gasteiger partial charge in [0.1, 0.15) is 0 Å². The Balaban J connectivity index is 0.000000386. The van der Waals surface area contributed by atoms with E-state index in [1.807, 2.05) is 27.7 Å². The second-order valence-electron chi connectivity index (χ2n) is 18.9. The lowest BCUT2D eigenvalue weighted by Gasteiger charge is -2.23. The molecule has 8 nitrogen and oxygen atoms in total. The lowest BCUT2D eigenvalue weighted by Crippen LogP contribution is -2.15. The standard InChI is InChI=1S/C12H26O3.C11H24O3.2C10H16.2C6H14O/c1-3-5-6-7-8-14-11-12-15-10-9-13-4-2;1-3-5-6-7-13-10-11-14-9-8-12-4-2;2*1-2-9-7-4-5-8(6-7)10(9)3-1;2*1-3-5-6-7-4-2/h3-12H2,1-2H3;3-11H2,1-2H3;2*7-10H,1-6H2;2*3-6H2,1-2H3. The minimum Gasteiger partial charge on any atom is -0.382 e. The zero-order chi connectivity index (χ0) is 45.9. The Kier molecular flexibility index (Phi) is 43.8. The molecule has 0 spiro atoms. The molecular formula is C55H110O8. The highest BCUT2D eigenvalue weighted by atomic mass is 16.5. The van der Waals surface area contributed by atoms with E-state index < -0.39 is 0 Å². The molecule has 378 valence electrons. The van der Waals surface area contributed by atoms with Gasteiger partial charge in [-0.2, -0.15) is 0 Å². The Morgan fingerprint density at radius 2 is 0.508 bits per heavy atom. The fraction of sp³-hybridized carbons (Fsp3) is 1.00. The van der Waals surface area contributed by atoms with Gasteiger partial charge in [0.15, 0.2) is 0 Å². The lowest BCUT2D eigenvalue weighted by atomic mass is 9.82. The van der Waals surface area contributed by atoms with Crippen molar-refractivity contribution in [3.05, 3.63) is 0 Å². The quantitative estimate of drug-likeness (QED) is 0.0637. The van der Waals surface area contributed by atoms with Crippen LogP contribution in [0.25, 0.3) is 0 Å². The molecule has 0 aromatic heterocycles. The first-order valence-electron chi connectivity index (χ1n) is 27.7. The van der Waals surface area contributed by atoms with Gasteiger partial charge >= 0.3 is 0 Å². The van der Waals surface area contributed by atoms with E-state index in [-0.39, 0.29) is 0 Å². The number of rotatable bonds is 31. The molecular weight excluding hydrogens is 789 g/mol. The summed E-state index contributed by atoms with van der Waals surface area (Å²) < 4.78 is 41.8. The Hall–Kier alpha value is -0.320. The van der Waals surface area contributed by atoms with E-state index in [1.165, 1.54) is 112 Å². The maximum atomic E-state index is 5.42. The number of ether oxygens (including phenoxy) is 8. The first-order valence-corrected chi connectivity index (χ1v) is 27.7. The van der Waals surface area contributed by atoms with Crippen LogP contribution in [0.15, 0.2) is 0 Å². The summed E-state index contributed by atoms with van der Waals surface area (Å²) in [5.74, 6) is 9.60. The van der Waals surface area contributed by atoms with Crippen molar-refractivity contribution in [1.82, 2.24) is 0 Å². The summed E-state index contributed by atoms with van der Waals surface area (Å²) in [7, 11) is 0. The van der Waals surface area contributed by atoms with Crippen LogP contribution in [0.2, 0.25) is 0 Å². The van der Waals surface area contributed by atoms with E-state index in [0.717, 1.165) is 59.3 Å². The summed E-state index contributed by atoms with van der Waals surface area (Å²) in [5, 5.41) is 0. The van der Waals surface area contributed by atoms with Gasteiger partial charge in [-0.25, -0.2) is 0 Å². The van der Waals surface area contributed by atoms with E-state index in [0.29, 0.717) is 52.9 Å². The number of fused-ring (bicyclic) bond motifs is 10. The molecule has 0 aliphatic heterocycles. The summed E-state index contributed by atoms with van der Waals surface area (Å²) in [4.78, 5) is 0. The van der Waals surface area contributed by atoms with Crippen molar-refractivity contribution in [1.29, 1.82) is 0 Å². The predicted octanol–water partition coefficient (Wildman–Crippen LogP) is 14.2. The van der Waals surface area contributed by atoms with E-state index in [9.17, 15) is 0 Å². The second kappa shape index (κ2) is 45.5. The third kappa shape index (κ3) is 30.6. The molecule has 6 fully saturated rings. The average molecular weight is 899 g/mol. The van der Waals surface area contributed by atoms with Crippen LogP contribution in [-0.4, -0.2) is 106 Å². The molecule has 63 heavy (non-hydrogen) atoms. The van der Waals surface area contributed by atoms with Gasteiger partial charge in [0.25, 0.3) is 0 Å². The van der Waals surface area contributed by atoms with Crippen LogP contribution < -0.4 is 0 Å². The van der Waals surface area contributed by atoms with E-state index in [4.69, 9.17) is 37.9 Å². The highest BCUT2D eigenvalue weighted by molar-refractivity contribution is 4.99. The fourth-order valence-electron chi connectivity index (χ4n) is 11.1. The predicted molar refractivity (Wildman–Crippen MR) is 266 cm³/mol. The molecule has 8 unspecified atom stereocenters. The summed E-state index contributed by atoms with van der Waals surface area (Å²) in [6, 6.07) is 0. The molecule has 0 amide bonds. The topological polar surface area (TPSA) is 73.8 Å². The summed E-state index contributed by atoms with van der Waals surface area (Å²) >= 11 is 0. The second-order valence-corrected chi connectivity index (χ2v) is 18.9. The number of hydrogen-bond donors (Lipinski definition) is 0. The van der Waals surface area contributed by atoms with Crippen LogP contribution in [0.5, 0.6) is 0 Å². The van der Waals surface area contributed by atoms with Gasteiger partial charge in [0.05, 0.1) is 52.9 Å². The van der Waals surface area contributed by atoms with Crippen LogP contribution in [0.1, 0.15) is 203 Å². The molecule has 0 heterocycles. The zero-order valence-electron chi connectivity index (χ0n) is 43.5. The van der Waals surface area contributed by atoms with E-state index >= 15 is 0 Å². The van der Waals surface area contributed by atoms with Gasteiger partial charge in [-0.15, -0.1) is 0 Å². The lowest BCUT2D eigenvalue weighted by molar-refractivity contribution is 0.0162. The molecule has 0 N–H and O–H groups in total. The third-order valence-corrected chi connectivity index (χ3v) is 14.3.